The molecule has 0 aromatic rings. The van der Waals surface area contributed by atoms with Crippen molar-refractivity contribution in [3.8, 4) is 0 Å². The summed E-state index contributed by atoms with van der Waals surface area (Å²) in [5, 5.41) is 75.5. The Hall–Kier alpha value is -0.890. The number of hydrogen-bond donors (Lipinski definition) is 8. The van der Waals surface area contributed by atoms with E-state index in [9.17, 15) is 40.5 Å². The van der Waals surface area contributed by atoms with Gasteiger partial charge in [-0.3, -0.25) is 4.79 Å². The van der Waals surface area contributed by atoms with Crippen LogP contribution in [0.1, 0.15) is 194 Å². The lowest BCUT2D eigenvalue weighted by Crippen LogP contribution is -2.60. The molecule has 1 aliphatic heterocycles. The molecule has 11 nitrogen and oxygen atoms in total. The fourth-order valence-corrected chi connectivity index (χ4v) is 7.20. The largest absolute Gasteiger partial charge is 0.394 e. The quantitative estimate of drug-likeness (QED) is 0.0335. The lowest BCUT2D eigenvalue weighted by molar-refractivity contribution is -0.303. The molecular formula is C42H83NO10. The molecule has 9 atom stereocenters. The van der Waals surface area contributed by atoms with Gasteiger partial charge in [-0.25, -0.2) is 0 Å². The molecule has 9 unspecified atom stereocenters. The molecule has 0 spiro atoms. The predicted molar refractivity (Wildman–Crippen MR) is 210 cm³/mol. The van der Waals surface area contributed by atoms with Crippen LogP contribution < -0.4 is 5.32 Å². The zero-order valence-electron chi connectivity index (χ0n) is 33.8. The zero-order valence-corrected chi connectivity index (χ0v) is 33.8. The van der Waals surface area contributed by atoms with Gasteiger partial charge in [0.25, 0.3) is 0 Å². The van der Waals surface area contributed by atoms with Crippen LogP contribution in [0.3, 0.4) is 0 Å². The molecule has 0 aromatic carbocycles. The smallest absolute Gasteiger partial charge is 0.249 e. The molecule has 316 valence electrons. The van der Waals surface area contributed by atoms with Gasteiger partial charge < -0.3 is 50.5 Å². The van der Waals surface area contributed by atoms with E-state index in [-0.39, 0.29) is 6.42 Å². The Morgan fingerprint density at radius 2 is 0.981 bits per heavy atom. The number of rotatable bonds is 36. The van der Waals surface area contributed by atoms with Gasteiger partial charge in [-0.05, 0) is 12.8 Å². The third-order valence-electron chi connectivity index (χ3n) is 10.9. The highest BCUT2D eigenvalue weighted by Gasteiger charge is 2.44. The Balaban J connectivity index is 2.49. The van der Waals surface area contributed by atoms with Crippen molar-refractivity contribution in [1.82, 2.24) is 5.32 Å². The number of carbonyl (C=O) groups excluding carboxylic acids is 1. The van der Waals surface area contributed by atoms with Gasteiger partial charge in [0, 0.05) is 0 Å². The van der Waals surface area contributed by atoms with Crippen molar-refractivity contribution in [2.75, 3.05) is 13.2 Å². The molecule has 1 amide bonds. The van der Waals surface area contributed by atoms with Gasteiger partial charge >= 0.3 is 0 Å². The van der Waals surface area contributed by atoms with Crippen molar-refractivity contribution in [3.05, 3.63) is 0 Å². The monoisotopic (exact) mass is 762 g/mol. The molecule has 1 aliphatic rings. The Labute approximate surface area is 322 Å². The van der Waals surface area contributed by atoms with Gasteiger partial charge in [0.15, 0.2) is 6.29 Å². The van der Waals surface area contributed by atoms with Crippen LogP contribution in [0.2, 0.25) is 0 Å². The van der Waals surface area contributed by atoms with Crippen LogP contribution in [-0.4, -0.2) is 110 Å². The first-order chi connectivity index (χ1) is 25.7. The molecular weight excluding hydrogens is 678 g/mol. The van der Waals surface area contributed by atoms with Crippen molar-refractivity contribution < 1.29 is 50.0 Å². The molecule has 8 N–H and O–H groups in total. The van der Waals surface area contributed by atoms with Crippen LogP contribution in [0.5, 0.6) is 0 Å². The van der Waals surface area contributed by atoms with E-state index in [1.165, 1.54) is 116 Å². The fourth-order valence-electron chi connectivity index (χ4n) is 7.20. The molecule has 0 saturated carbocycles. The van der Waals surface area contributed by atoms with Gasteiger partial charge in [-0.1, -0.05) is 181 Å². The highest BCUT2D eigenvalue weighted by Crippen LogP contribution is 2.23. The molecule has 0 aromatic heterocycles. The summed E-state index contributed by atoms with van der Waals surface area (Å²) in [5.74, 6) is -0.696. The molecule has 1 heterocycles. The average molecular weight is 762 g/mol. The SMILES string of the molecule is CCCCCCCCCCCCCCCCC(O)C(O)C(COC1OC(CO)C(O)C(O)C1O)NC(=O)C(O)CCCCCCCCCCCCCC. The Bertz CT molecular complexity index is 836. The lowest BCUT2D eigenvalue weighted by Gasteiger charge is -2.40. The molecule has 11 heteroatoms. The maximum Gasteiger partial charge on any atom is 0.249 e. The summed E-state index contributed by atoms with van der Waals surface area (Å²) >= 11 is 0. The Morgan fingerprint density at radius 3 is 1.40 bits per heavy atom. The highest BCUT2D eigenvalue weighted by molar-refractivity contribution is 5.80. The molecule has 1 saturated heterocycles. The van der Waals surface area contributed by atoms with Gasteiger partial charge in [0.2, 0.25) is 5.91 Å². The number of unbranched alkanes of at least 4 members (excludes halogenated alkanes) is 24. The highest BCUT2D eigenvalue weighted by atomic mass is 16.7. The van der Waals surface area contributed by atoms with E-state index in [1.54, 1.807) is 0 Å². The fraction of sp³-hybridized carbons (Fsp3) is 0.976. The maximum atomic E-state index is 13.0. The lowest BCUT2D eigenvalue weighted by atomic mass is 9.98. The Morgan fingerprint density at radius 1 is 0.585 bits per heavy atom. The summed E-state index contributed by atoms with van der Waals surface area (Å²) < 4.78 is 11.1. The van der Waals surface area contributed by atoms with E-state index >= 15 is 0 Å². The minimum Gasteiger partial charge on any atom is -0.394 e. The molecule has 0 aliphatic carbocycles. The van der Waals surface area contributed by atoms with E-state index in [1.807, 2.05) is 0 Å². The van der Waals surface area contributed by atoms with Gasteiger partial charge in [-0.2, -0.15) is 0 Å². The number of aliphatic hydroxyl groups is 7. The van der Waals surface area contributed by atoms with Crippen molar-refractivity contribution >= 4 is 5.91 Å². The van der Waals surface area contributed by atoms with Crippen LogP contribution in [-0.2, 0) is 14.3 Å². The minimum absolute atomic E-state index is 0.265. The summed E-state index contributed by atoms with van der Waals surface area (Å²) in [6.45, 7) is 3.42. The summed E-state index contributed by atoms with van der Waals surface area (Å²) in [5.41, 5.74) is 0. The average Bonchev–Trinajstić information content (AvgIpc) is 3.16. The number of hydrogen-bond acceptors (Lipinski definition) is 10. The summed E-state index contributed by atoms with van der Waals surface area (Å²) in [4.78, 5) is 13.0. The number of aliphatic hydroxyl groups excluding tert-OH is 7. The second-order valence-electron chi connectivity index (χ2n) is 15.8. The Kier molecular flexibility index (Phi) is 31.5. The number of amides is 1. The van der Waals surface area contributed by atoms with Crippen LogP contribution in [0, 0.1) is 0 Å². The number of carbonyl (C=O) groups is 1. The van der Waals surface area contributed by atoms with Crippen LogP contribution in [0.25, 0.3) is 0 Å². The normalized spacial score (nSPS) is 22.8. The molecule has 1 rings (SSSR count). The first kappa shape index (κ1) is 50.1. The van der Waals surface area contributed by atoms with E-state index in [4.69, 9.17) is 9.47 Å². The van der Waals surface area contributed by atoms with Crippen molar-refractivity contribution in [1.29, 1.82) is 0 Å². The van der Waals surface area contributed by atoms with Crippen molar-refractivity contribution in [2.24, 2.45) is 0 Å². The number of ether oxygens (including phenoxy) is 2. The molecule has 53 heavy (non-hydrogen) atoms. The summed E-state index contributed by atoms with van der Waals surface area (Å²) in [6, 6.07) is -1.16. The van der Waals surface area contributed by atoms with Crippen LogP contribution >= 0.6 is 0 Å². The maximum absolute atomic E-state index is 13.0. The van der Waals surface area contributed by atoms with E-state index in [0.717, 1.165) is 38.5 Å². The third kappa shape index (κ3) is 23.7. The van der Waals surface area contributed by atoms with E-state index < -0.39 is 74.2 Å². The topological polar surface area (TPSA) is 189 Å². The predicted octanol–water partition coefficient (Wildman–Crippen LogP) is 6.33. The molecule has 1 fully saturated rings. The van der Waals surface area contributed by atoms with Gasteiger partial charge in [0.05, 0.1) is 25.4 Å². The van der Waals surface area contributed by atoms with Crippen molar-refractivity contribution in [2.45, 2.75) is 249 Å². The molecule has 0 bridgehead atoms. The van der Waals surface area contributed by atoms with E-state index in [2.05, 4.69) is 19.2 Å². The van der Waals surface area contributed by atoms with Gasteiger partial charge in [-0.15, -0.1) is 0 Å². The summed E-state index contributed by atoms with van der Waals surface area (Å²) in [7, 11) is 0. The second-order valence-corrected chi connectivity index (χ2v) is 15.8. The number of nitrogens with one attached hydrogen (secondary N) is 1. The first-order valence-corrected chi connectivity index (χ1v) is 21.9. The summed E-state index contributed by atoms with van der Waals surface area (Å²) in [6.07, 6.45) is 20.1. The van der Waals surface area contributed by atoms with E-state index in [0.29, 0.717) is 19.3 Å². The third-order valence-corrected chi connectivity index (χ3v) is 10.9. The standard InChI is InChI=1S/C42H83NO10/c1-3-5-7-9-11-13-15-17-18-20-21-23-25-27-29-34(45)37(47)33(32-52-42-40(50)39(49)38(48)36(31-44)53-42)43-41(51)35(46)30-28-26-24-22-19-16-14-12-10-8-6-4-2/h33-40,42,44-50H,3-32H2,1-2H3,(H,43,51). The van der Waals surface area contributed by atoms with Crippen molar-refractivity contribution in [3.63, 3.8) is 0 Å². The van der Waals surface area contributed by atoms with Crippen LogP contribution in [0.4, 0.5) is 0 Å². The van der Waals surface area contributed by atoms with Crippen LogP contribution in [0.15, 0.2) is 0 Å². The minimum atomic E-state index is -1.65. The second kappa shape index (κ2) is 33.3. The molecule has 0 radical (unpaired) electrons. The van der Waals surface area contributed by atoms with Gasteiger partial charge in [0.1, 0.15) is 36.6 Å². The first-order valence-electron chi connectivity index (χ1n) is 21.9. The zero-order chi connectivity index (χ0) is 39.1.